The molecule has 0 atom stereocenters. The van der Waals surface area contributed by atoms with Crippen molar-refractivity contribution in [3.63, 3.8) is 0 Å². The van der Waals surface area contributed by atoms with Gasteiger partial charge in [-0.15, -0.1) is 11.3 Å². The fourth-order valence-electron chi connectivity index (χ4n) is 1.60. The Morgan fingerprint density at radius 1 is 1.11 bits per heavy atom. The van der Waals surface area contributed by atoms with Crippen LogP contribution in [0.3, 0.4) is 0 Å². The molecule has 106 valence electrons. The topological polar surface area (TPSA) is 12.0 Å². The molecule has 0 fully saturated rings. The molecule has 3 heteroatoms. The van der Waals surface area contributed by atoms with Gasteiger partial charge in [0.2, 0.25) is 0 Å². The summed E-state index contributed by atoms with van der Waals surface area (Å²) < 4.78 is 0. The van der Waals surface area contributed by atoms with Crippen molar-refractivity contribution in [2.24, 2.45) is 0 Å². The molecule has 1 N–H and O–H groups in total. The van der Waals surface area contributed by atoms with Gasteiger partial charge in [-0.25, -0.2) is 12.1 Å². The zero-order chi connectivity index (χ0) is 12.5. The Bertz CT molecular complexity index is 431. The molecule has 0 saturated heterocycles. The van der Waals surface area contributed by atoms with Gasteiger partial charge in [-0.3, -0.25) is 0 Å². The van der Waals surface area contributed by atoms with Gasteiger partial charge < -0.3 is 35.1 Å². The maximum atomic E-state index is 3.40. The Hall–Kier alpha value is -1.12. The van der Waals surface area contributed by atoms with Crippen molar-refractivity contribution in [1.29, 1.82) is 0 Å². The van der Waals surface area contributed by atoms with Crippen LogP contribution in [0.2, 0.25) is 0 Å². The minimum Gasteiger partial charge on any atom is -0.748 e. The van der Waals surface area contributed by atoms with E-state index in [9.17, 15) is 0 Å². The number of thiophene rings is 1. The summed E-state index contributed by atoms with van der Waals surface area (Å²) in [5, 5.41) is 5.51. The van der Waals surface area contributed by atoms with Crippen molar-refractivity contribution in [1.82, 2.24) is 5.32 Å². The van der Waals surface area contributed by atoms with Crippen molar-refractivity contribution in [3.8, 4) is 0 Å². The van der Waals surface area contributed by atoms with Gasteiger partial charge in [-0.05, 0) is 11.4 Å². The molecule has 0 amide bonds. The Labute approximate surface area is 129 Å². The normalized spacial score (nSPS) is 9.26. The average molecular weight is 311 g/mol. The zero-order valence-corrected chi connectivity index (χ0v) is 12.5. The van der Waals surface area contributed by atoms with Crippen LogP contribution in [0.1, 0.15) is 10.4 Å². The van der Waals surface area contributed by atoms with Crippen LogP contribution in [0.4, 0.5) is 0 Å². The summed E-state index contributed by atoms with van der Waals surface area (Å²) in [6, 6.07) is 22.7. The van der Waals surface area contributed by atoms with Crippen LogP contribution in [0.5, 0.6) is 0 Å². The fourth-order valence-corrected chi connectivity index (χ4v) is 2.27. The number of rotatable bonds is 4. The molecule has 3 aromatic rings. The van der Waals surface area contributed by atoms with Gasteiger partial charge in [-0.1, -0.05) is 6.07 Å². The van der Waals surface area contributed by atoms with Gasteiger partial charge in [0, 0.05) is 28.5 Å². The SMILES string of the molecule is [Fe].c1cc[cH-]c1.c1csc(CNC[c-]2[cH-][cH-][cH-][cH-]2)c1. The molecule has 1 nitrogen and oxygen atoms in total. The summed E-state index contributed by atoms with van der Waals surface area (Å²) in [7, 11) is 0. The Kier molecular flexibility index (Phi) is 8.19. The fraction of sp³-hybridized carbons (Fsp3) is 0.125. The van der Waals surface area contributed by atoms with Crippen molar-refractivity contribution in [2.75, 3.05) is 0 Å². The predicted molar refractivity (Wildman–Crippen MR) is 78.9 cm³/mol. The van der Waals surface area contributed by atoms with Crippen molar-refractivity contribution in [3.05, 3.63) is 82.6 Å². The van der Waals surface area contributed by atoms with Gasteiger partial charge in [0.05, 0.1) is 0 Å². The molecule has 19 heavy (non-hydrogen) atoms. The van der Waals surface area contributed by atoms with Crippen LogP contribution < -0.4 is 5.32 Å². The minimum atomic E-state index is 0. The number of nitrogens with one attached hydrogen (secondary N) is 1. The van der Waals surface area contributed by atoms with Gasteiger partial charge in [0.1, 0.15) is 0 Å². The van der Waals surface area contributed by atoms with Crippen LogP contribution in [-0.2, 0) is 30.2 Å². The second kappa shape index (κ2) is 9.76. The van der Waals surface area contributed by atoms with Gasteiger partial charge in [0.15, 0.2) is 0 Å². The van der Waals surface area contributed by atoms with Crippen molar-refractivity contribution < 1.29 is 17.1 Å². The quantitative estimate of drug-likeness (QED) is 0.563. The maximum absolute atomic E-state index is 3.40. The molecule has 0 saturated carbocycles. The van der Waals surface area contributed by atoms with E-state index < -0.39 is 0 Å². The van der Waals surface area contributed by atoms with E-state index in [2.05, 4.69) is 47.1 Å². The van der Waals surface area contributed by atoms with E-state index in [1.165, 1.54) is 10.4 Å². The summed E-state index contributed by atoms with van der Waals surface area (Å²) in [6.45, 7) is 1.94. The van der Waals surface area contributed by atoms with Crippen LogP contribution in [0.25, 0.3) is 0 Å². The third-order valence-corrected chi connectivity index (χ3v) is 3.37. The van der Waals surface area contributed by atoms with Gasteiger partial charge >= 0.3 is 0 Å². The molecule has 3 rings (SSSR count). The first-order valence-corrected chi connectivity index (χ1v) is 6.93. The summed E-state index contributed by atoms with van der Waals surface area (Å²) in [6.07, 6.45) is 0. The molecular weight excluding hydrogens is 294 g/mol. The smallest absolute Gasteiger partial charge is 0.0276 e. The molecule has 2 aromatic carbocycles. The third-order valence-electron chi connectivity index (χ3n) is 2.50. The second-order valence-corrected chi connectivity index (χ2v) is 4.97. The molecule has 0 radical (unpaired) electrons. The molecule has 0 aliphatic heterocycles. The first-order valence-electron chi connectivity index (χ1n) is 6.05. The Balaban J connectivity index is 0.000000256. The summed E-state index contributed by atoms with van der Waals surface area (Å²) >= 11 is 1.80. The summed E-state index contributed by atoms with van der Waals surface area (Å²) in [5.74, 6) is 0. The zero-order valence-electron chi connectivity index (χ0n) is 10.6. The predicted octanol–water partition coefficient (Wildman–Crippen LogP) is 4.16. The standard InChI is InChI=1S/C11H12NS.C5H5.Fe/c1-2-5-10(4-1)8-12-9-11-6-3-7-13-11;1-2-4-5-3-1;/h1-7,12H,8-9H2;1-5H;/q-5;-1;. The Morgan fingerprint density at radius 3 is 2.37 bits per heavy atom. The van der Waals surface area contributed by atoms with E-state index in [1.54, 1.807) is 11.3 Å². The van der Waals surface area contributed by atoms with Gasteiger partial charge in [-0.2, -0.15) is 24.7 Å². The van der Waals surface area contributed by atoms with E-state index in [4.69, 9.17) is 0 Å². The van der Waals surface area contributed by atoms with E-state index in [0.29, 0.717) is 0 Å². The molecular formula is C16H17FeNS-6. The molecule has 0 unspecified atom stereocenters. The monoisotopic (exact) mass is 311 g/mol. The number of hydrogen-bond donors (Lipinski definition) is 1. The maximum Gasteiger partial charge on any atom is 0.0276 e. The summed E-state index contributed by atoms with van der Waals surface area (Å²) in [4.78, 5) is 1.39. The van der Waals surface area contributed by atoms with Crippen molar-refractivity contribution in [2.45, 2.75) is 13.1 Å². The molecule has 1 heterocycles. The first-order chi connectivity index (χ1) is 8.95. The van der Waals surface area contributed by atoms with Crippen molar-refractivity contribution >= 4 is 11.3 Å². The molecule has 0 aliphatic rings. The van der Waals surface area contributed by atoms with Gasteiger partial charge in [0.25, 0.3) is 0 Å². The first kappa shape index (κ1) is 15.9. The van der Waals surface area contributed by atoms with Crippen LogP contribution in [-0.4, -0.2) is 0 Å². The Morgan fingerprint density at radius 2 is 1.84 bits per heavy atom. The molecule has 0 spiro atoms. The average Bonchev–Trinajstić information content (AvgIpc) is 3.16. The van der Waals surface area contributed by atoms with E-state index in [0.717, 1.165) is 13.1 Å². The largest absolute Gasteiger partial charge is 0.748 e. The molecule has 0 bridgehead atoms. The second-order valence-electron chi connectivity index (χ2n) is 3.94. The summed E-state index contributed by atoms with van der Waals surface area (Å²) in [5.41, 5.74) is 1.36. The van der Waals surface area contributed by atoms with Crippen LogP contribution >= 0.6 is 11.3 Å². The minimum absolute atomic E-state index is 0. The van der Waals surface area contributed by atoms with Crippen LogP contribution in [0, 0.1) is 0 Å². The molecule has 1 aromatic heterocycles. The van der Waals surface area contributed by atoms with E-state index in [-0.39, 0.29) is 17.1 Å². The number of hydrogen-bond acceptors (Lipinski definition) is 2. The van der Waals surface area contributed by atoms with E-state index >= 15 is 0 Å². The molecule has 0 aliphatic carbocycles. The van der Waals surface area contributed by atoms with E-state index in [1.807, 2.05) is 30.3 Å². The third kappa shape index (κ3) is 6.55. The van der Waals surface area contributed by atoms with Crippen LogP contribution in [0.15, 0.2) is 72.1 Å².